The first-order valence-electron chi connectivity index (χ1n) is 10.4. The van der Waals surface area contributed by atoms with Crippen LogP contribution in [0, 0.1) is 0 Å². The lowest BCUT2D eigenvalue weighted by Crippen LogP contribution is -2.22. The highest BCUT2D eigenvalue weighted by molar-refractivity contribution is 7.98. The highest BCUT2D eigenvalue weighted by Crippen LogP contribution is 2.29. The Labute approximate surface area is 196 Å². The summed E-state index contributed by atoms with van der Waals surface area (Å²) in [7, 11) is 3.54. The molecule has 0 bridgehead atoms. The molecule has 0 aliphatic carbocycles. The number of rotatable bonds is 10. The van der Waals surface area contributed by atoms with Gasteiger partial charge < -0.3 is 23.8 Å². The van der Waals surface area contributed by atoms with Crippen molar-refractivity contribution in [2.45, 2.75) is 24.1 Å². The Morgan fingerprint density at radius 3 is 2.70 bits per heavy atom. The van der Waals surface area contributed by atoms with Crippen LogP contribution >= 0.6 is 11.8 Å². The van der Waals surface area contributed by atoms with E-state index in [1.165, 1.54) is 0 Å². The van der Waals surface area contributed by atoms with Gasteiger partial charge in [-0.15, -0.1) is 0 Å². The minimum absolute atomic E-state index is 0.272. The van der Waals surface area contributed by atoms with E-state index in [2.05, 4.69) is 10.3 Å². The van der Waals surface area contributed by atoms with Crippen molar-refractivity contribution in [1.29, 1.82) is 0 Å². The number of benzene rings is 2. The number of carbonyl (C=O) groups excluding carboxylic acids is 1. The molecular weight excluding hydrogens is 438 g/mol. The number of ether oxygens (including phenoxy) is 2. The van der Waals surface area contributed by atoms with E-state index in [0.717, 1.165) is 22.0 Å². The van der Waals surface area contributed by atoms with Gasteiger partial charge in [-0.05, 0) is 35.4 Å². The van der Waals surface area contributed by atoms with Gasteiger partial charge in [0, 0.05) is 26.0 Å². The van der Waals surface area contributed by atoms with E-state index in [1.54, 1.807) is 31.1 Å². The maximum absolute atomic E-state index is 12.5. The monoisotopic (exact) mass is 463 g/mol. The first kappa shape index (κ1) is 22.5. The largest absolute Gasteiger partial charge is 0.493 e. The lowest BCUT2D eigenvalue weighted by atomic mass is 10.2. The van der Waals surface area contributed by atoms with Gasteiger partial charge >= 0.3 is 0 Å². The minimum atomic E-state index is -0.272. The number of thioether (sulfide) groups is 1. The molecule has 2 aromatic heterocycles. The fraction of sp³-hybridized carbons (Fsp3) is 0.200. The highest BCUT2D eigenvalue weighted by Gasteiger charge is 2.13. The predicted octanol–water partition coefficient (Wildman–Crippen LogP) is 4.82. The summed E-state index contributed by atoms with van der Waals surface area (Å²) in [6.45, 7) is 0.790. The fourth-order valence-electron chi connectivity index (χ4n) is 3.15. The van der Waals surface area contributed by atoms with E-state index < -0.39 is 0 Å². The van der Waals surface area contributed by atoms with Crippen LogP contribution in [0.5, 0.6) is 11.5 Å². The summed E-state index contributed by atoms with van der Waals surface area (Å²) in [5, 5.41) is 3.77. The molecule has 0 fully saturated rings. The number of hydrogen-bond donors (Lipinski definition) is 1. The molecule has 0 aliphatic heterocycles. The Morgan fingerprint density at radius 2 is 1.94 bits per heavy atom. The number of aryl methyl sites for hydroxylation is 1. The van der Waals surface area contributed by atoms with E-state index in [9.17, 15) is 4.79 Å². The lowest BCUT2D eigenvalue weighted by Gasteiger charge is -2.12. The van der Waals surface area contributed by atoms with Crippen molar-refractivity contribution in [3.05, 3.63) is 95.7 Å². The van der Waals surface area contributed by atoms with Crippen molar-refractivity contribution in [3.8, 4) is 11.5 Å². The van der Waals surface area contributed by atoms with E-state index in [0.29, 0.717) is 30.4 Å². The number of aromatic nitrogens is 2. The maximum atomic E-state index is 12.5. The molecule has 0 saturated carbocycles. The van der Waals surface area contributed by atoms with E-state index in [4.69, 9.17) is 13.9 Å². The Hall–Kier alpha value is -3.65. The van der Waals surface area contributed by atoms with Gasteiger partial charge in [0.2, 0.25) is 0 Å². The molecule has 0 spiro atoms. The minimum Gasteiger partial charge on any atom is -0.493 e. The van der Waals surface area contributed by atoms with Gasteiger partial charge in [0.25, 0.3) is 5.91 Å². The number of hydrogen-bond acceptors (Lipinski definition) is 6. The van der Waals surface area contributed by atoms with Gasteiger partial charge in [0.15, 0.2) is 22.4 Å². The second-order valence-corrected chi connectivity index (χ2v) is 8.26. The molecule has 2 aromatic carbocycles. The van der Waals surface area contributed by atoms with Crippen molar-refractivity contribution >= 4 is 17.7 Å². The molecule has 7 nitrogen and oxygen atoms in total. The molecule has 0 radical (unpaired) electrons. The van der Waals surface area contributed by atoms with Crippen LogP contribution in [0.2, 0.25) is 0 Å². The normalized spacial score (nSPS) is 10.7. The summed E-state index contributed by atoms with van der Waals surface area (Å²) >= 11 is 1.55. The van der Waals surface area contributed by atoms with Gasteiger partial charge in [-0.2, -0.15) is 0 Å². The Kier molecular flexibility index (Phi) is 7.36. The average molecular weight is 464 g/mol. The zero-order chi connectivity index (χ0) is 23.0. The third kappa shape index (κ3) is 5.98. The number of carbonyl (C=O) groups is 1. The molecular formula is C25H25N3O4S. The quantitative estimate of drug-likeness (QED) is 0.340. The third-order valence-corrected chi connectivity index (χ3v) is 6.00. The Bertz CT molecular complexity index is 1200. The van der Waals surface area contributed by atoms with E-state index in [1.807, 2.05) is 72.4 Å². The summed E-state index contributed by atoms with van der Waals surface area (Å²) in [6.07, 6.45) is 3.64. The first-order chi connectivity index (χ1) is 16.1. The predicted molar refractivity (Wildman–Crippen MR) is 126 cm³/mol. The number of furan rings is 1. The topological polar surface area (TPSA) is 78.5 Å². The Balaban J connectivity index is 1.30. The lowest BCUT2D eigenvalue weighted by molar-refractivity contribution is 0.0921. The van der Waals surface area contributed by atoms with Crippen LogP contribution in [0.1, 0.15) is 27.4 Å². The van der Waals surface area contributed by atoms with Gasteiger partial charge in [0.1, 0.15) is 12.4 Å². The number of nitrogens with one attached hydrogen (secondary N) is 1. The standard InChI is InChI=1S/C25H25N3O4S/c1-28-13-12-26-25(28)33-17-20-9-11-22(32-20)24(29)27-15-19-8-10-21(23(14-19)30-2)31-16-18-6-4-3-5-7-18/h3-14H,15-17H2,1-2H3,(H,27,29). The number of amides is 1. The summed E-state index contributed by atoms with van der Waals surface area (Å²) < 4.78 is 19.0. The molecule has 1 amide bonds. The van der Waals surface area contributed by atoms with Crippen molar-refractivity contribution in [2.24, 2.45) is 7.05 Å². The number of imidazole rings is 1. The van der Waals surface area contributed by atoms with E-state index in [-0.39, 0.29) is 11.7 Å². The fourth-order valence-corrected chi connectivity index (χ4v) is 3.98. The summed E-state index contributed by atoms with van der Waals surface area (Å²) in [6, 6.07) is 19.0. The molecule has 0 aliphatic rings. The second-order valence-electron chi connectivity index (χ2n) is 7.32. The van der Waals surface area contributed by atoms with Gasteiger partial charge in [-0.3, -0.25) is 4.79 Å². The van der Waals surface area contributed by atoms with Crippen molar-refractivity contribution in [1.82, 2.24) is 14.9 Å². The summed E-state index contributed by atoms with van der Waals surface area (Å²) in [4.78, 5) is 16.8. The van der Waals surface area contributed by atoms with Crippen LogP contribution in [0.4, 0.5) is 0 Å². The SMILES string of the molecule is COc1cc(CNC(=O)c2ccc(CSc3nccn3C)o2)ccc1OCc1ccccc1. The summed E-state index contributed by atoms with van der Waals surface area (Å²) in [5.41, 5.74) is 1.97. The number of nitrogens with zero attached hydrogens (tertiary/aromatic N) is 2. The number of methoxy groups -OCH3 is 1. The maximum Gasteiger partial charge on any atom is 0.287 e. The molecule has 4 aromatic rings. The smallest absolute Gasteiger partial charge is 0.287 e. The first-order valence-corrected chi connectivity index (χ1v) is 11.4. The van der Waals surface area contributed by atoms with Gasteiger partial charge in [-0.1, -0.05) is 48.2 Å². The molecule has 2 heterocycles. The Morgan fingerprint density at radius 1 is 1.09 bits per heavy atom. The van der Waals surface area contributed by atoms with Crippen molar-refractivity contribution < 1.29 is 18.7 Å². The zero-order valence-electron chi connectivity index (χ0n) is 18.5. The van der Waals surface area contributed by atoms with Crippen LogP contribution in [0.3, 0.4) is 0 Å². The zero-order valence-corrected chi connectivity index (χ0v) is 19.3. The molecule has 1 N–H and O–H groups in total. The van der Waals surface area contributed by atoms with Crippen molar-refractivity contribution in [3.63, 3.8) is 0 Å². The van der Waals surface area contributed by atoms with Crippen molar-refractivity contribution in [2.75, 3.05) is 7.11 Å². The molecule has 170 valence electrons. The second kappa shape index (κ2) is 10.8. The average Bonchev–Trinajstić information content (AvgIpc) is 3.49. The molecule has 8 heteroatoms. The molecule has 0 saturated heterocycles. The molecule has 0 unspecified atom stereocenters. The molecule has 0 atom stereocenters. The summed E-state index contributed by atoms with van der Waals surface area (Å²) in [5.74, 6) is 2.59. The van der Waals surface area contributed by atoms with Gasteiger partial charge in [-0.25, -0.2) is 4.98 Å². The molecule has 33 heavy (non-hydrogen) atoms. The molecule has 4 rings (SSSR count). The highest BCUT2D eigenvalue weighted by atomic mass is 32.2. The van der Waals surface area contributed by atoms with Crippen LogP contribution in [-0.2, 0) is 26.0 Å². The van der Waals surface area contributed by atoms with Crippen LogP contribution in [-0.4, -0.2) is 22.6 Å². The van der Waals surface area contributed by atoms with Crippen LogP contribution in [0.15, 0.2) is 82.6 Å². The van der Waals surface area contributed by atoms with Gasteiger partial charge in [0.05, 0.1) is 12.9 Å². The van der Waals surface area contributed by atoms with Crippen LogP contribution < -0.4 is 14.8 Å². The van der Waals surface area contributed by atoms with Crippen LogP contribution in [0.25, 0.3) is 0 Å². The van der Waals surface area contributed by atoms with E-state index >= 15 is 0 Å². The third-order valence-electron chi connectivity index (χ3n) is 4.92.